The first-order valence-electron chi connectivity index (χ1n) is 5.13. The first kappa shape index (κ1) is 12.8. The van der Waals surface area contributed by atoms with Gasteiger partial charge < -0.3 is 5.32 Å². The molecule has 16 heavy (non-hydrogen) atoms. The molecule has 0 spiro atoms. The Kier molecular flexibility index (Phi) is 5.64. The Labute approximate surface area is 100 Å². The van der Waals surface area contributed by atoms with Crippen LogP contribution >= 0.6 is 11.8 Å². The van der Waals surface area contributed by atoms with Crippen molar-refractivity contribution in [3.63, 3.8) is 0 Å². The van der Waals surface area contributed by atoms with E-state index in [4.69, 9.17) is 0 Å². The smallest absolute Gasteiger partial charge is 0.230 e. The van der Waals surface area contributed by atoms with E-state index in [1.807, 2.05) is 25.1 Å². The third kappa shape index (κ3) is 4.49. The lowest BCUT2D eigenvalue weighted by Gasteiger charge is -2.12. The molecule has 0 aromatic carbocycles. The molecule has 0 saturated heterocycles. The number of hydrogen-bond donors (Lipinski definition) is 1. The van der Waals surface area contributed by atoms with Crippen molar-refractivity contribution in [3.05, 3.63) is 42.7 Å². The molecule has 1 aromatic heterocycles. The number of nitrogens with zero attached hydrogens (tertiary/aromatic N) is 1. The number of hydrogen-bond acceptors (Lipinski definition) is 3. The molecule has 0 radical (unpaired) electrons. The van der Waals surface area contributed by atoms with Crippen molar-refractivity contribution in [2.24, 2.45) is 0 Å². The van der Waals surface area contributed by atoms with Gasteiger partial charge in [0.1, 0.15) is 0 Å². The van der Waals surface area contributed by atoms with Gasteiger partial charge in [0.05, 0.1) is 17.5 Å². The van der Waals surface area contributed by atoms with Crippen LogP contribution in [0, 0.1) is 0 Å². The molecular formula is C12H16N2OS. The Morgan fingerprint density at radius 2 is 2.50 bits per heavy atom. The lowest BCUT2D eigenvalue weighted by atomic mass is 10.2. The highest BCUT2D eigenvalue weighted by Crippen LogP contribution is 2.08. The Bertz CT molecular complexity index is 340. The van der Waals surface area contributed by atoms with Crippen molar-refractivity contribution >= 4 is 17.7 Å². The number of aromatic nitrogens is 1. The van der Waals surface area contributed by atoms with E-state index in [-0.39, 0.29) is 11.9 Å². The van der Waals surface area contributed by atoms with Crippen LogP contribution in [0.5, 0.6) is 0 Å². The van der Waals surface area contributed by atoms with E-state index >= 15 is 0 Å². The minimum Gasteiger partial charge on any atom is -0.347 e. The lowest BCUT2D eigenvalue weighted by molar-refractivity contribution is -0.119. The molecule has 0 unspecified atom stereocenters. The molecule has 86 valence electrons. The summed E-state index contributed by atoms with van der Waals surface area (Å²) in [4.78, 5) is 15.7. The molecule has 0 fully saturated rings. The number of carbonyl (C=O) groups is 1. The summed E-state index contributed by atoms with van der Waals surface area (Å²) in [6, 6.07) is 5.63. The average Bonchev–Trinajstić information content (AvgIpc) is 2.30. The van der Waals surface area contributed by atoms with E-state index in [2.05, 4.69) is 16.9 Å². The van der Waals surface area contributed by atoms with E-state index in [1.54, 1.807) is 24.0 Å². The fourth-order valence-corrected chi connectivity index (χ4v) is 1.78. The zero-order valence-electron chi connectivity index (χ0n) is 9.35. The summed E-state index contributed by atoms with van der Waals surface area (Å²) in [6.45, 7) is 5.53. The van der Waals surface area contributed by atoms with Gasteiger partial charge in [0, 0.05) is 11.9 Å². The Morgan fingerprint density at radius 3 is 3.12 bits per heavy atom. The van der Waals surface area contributed by atoms with E-state index in [0.717, 1.165) is 11.4 Å². The van der Waals surface area contributed by atoms with E-state index in [0.29, 0.717) is 5.75 Å². The average molecular weight is 236 g/mol. The Balaban J connectivity index is 2.36. The predicted molar refractivity (Wildman–Crippen MR) is 68.3 cm³/mol. The molecule has 0 saturated carbocycles. The van der Waals surface area contributed by atoms with Crippen molar-refractivity contribution in [3.8, 4) is 0 Å². The Morgan fingerprint density at radius 1 is 1.69 bits per heavy atom. The molecule has 4 heteroatoms. The van der Waals surface area contributed by atoms with Gasteiger partial charge >= 0.3 is 0 Å². The number of carbonyl (C=O) groups excluding carboxylic acids is 1. The third-order valence-corrected chi connectivity index (χ3v) is 2.92. The second-order valence-corrected chi connectivity index (χ2v) is 4.38. The number of rotatable bonds is 6. The van der Waals surface area contributed by atoms with Crippen molar-refractivity contribution in [1.82, 2.24) is 10.3 Å². The van der Waals surface area contributed by atoms with Crippen LogP contribution in [-0.4, -0.2) is 22.4 Å². The molecule has 1 rings (SSSR count). The summed E-state index contributed by atoms with van der Waals surface area (Å²) in [5.74, 6) is 1.29. The largest absolute Gasteiger partial charge is 0.347 e. The standard InChI is InChI=1S/C12H16N2OS/c1-3-8-16-9-12(15)14-10(2)11-6-4-5-7-13-11/h3-7,10H,1,8-9H2,2H3,(H,14,15)/t10-/m1/s1. The maximum atomic E-state index is 11.5. The van der Waals surface area contributed by atoms with E-state index in [1.165, 1.54) is 0 Å². The molecule has 0 aliphatic carbocycles. The number of nitrogens with one attached hydrogen (secondary N) is 1. The summed E-state index contributed by atoms with van der Waals surface area (Å²) >= 11 is 1.55. The van der Waals surface area contributed by atoms with Crippen molar-refractivity contribution in [1.29, 1.82) is 0 Å². The van der Waals surface area contributed by atoms with Crippen LogP contribution in [0.15, 0.2) is 37.1 Å². The summed E-state index contributed by atoms with van der Waals surface area (Å²) in [5.41, 5.74) is 0.879. The van der Waals surface area contributed by atoms with Gasteiger partial charge in [-0.05, 0) is 19.1 Å². The monoisotopic (exact) mass is 236 g/mol. The van der Waals surface area contributed by atoms with Crippen LogP contribution in [0.3, 0.4) is 0 Å². The quantitative estimate of drug-likeness (QED) is 0.608. The molecular weight excluding hydrogens is 220 g/mol. The second kappa shape index (κ2) is 7.06. The Hall–Kier alpha value is -1.29. The van der Waals surface area contributed by atoms with E-state index < -0.39 is 0 Å². The first-order chi connectivity index (χ1) is 7.74. The molecule has 3 nitrogen and oxygen atoms in total. The molecule has 1 amide bonds. The van der Waals surface area contributed by atoms with Gasteiger partial charge in [-0.15, -0.1) is 18.3 Å². The van der Waals surface area contributed by atoms with E-state index in [9.17, 15) is 4.79 Å². The molecule has 0 aliphatic rings. The SMILES string of the molecule is C=CCSCC(=O)N[C@H](C)c1ccccn1. The number of thioether (sulfide) groups is 1. The normalized spacial score (nSPS) is 11.8. The van der Waals surface area contributed by atoms with Crippen LogP contribution in [0.1, 0.15) is 18.7 Å². The highest BCUT2D eigenvalue weighted by atomic mass is 32.2. The second-order valence-electron chi connectivity index (χ2n) is 3.35. The first-order valence-corrected chi connectivity index (χ1v) is 6.28. The third-order valence-electron chi connectivity index (χ3n) is 1.98. The fraction of sp³-hybridized carbons (Fsp3) is 0.333. The number of pyridine rings is 1. The van der Waals surface area contributed by atoms with Gasteiger partial charge in [0.2, 0.25) is 5.91 Å². The maximum absolute atomic E-state index is 11.5. The van der Waals surface area contributed by atoms with Crippen LogP contribution in [0.25, 0.3) is 0 Å². The molecule has 0 aliphatic heterocycles. The van der Waals surface area contributed by atoms with Crippen molar-refractivity contribution in [2.75, 3.05) is 11.5 Å². The fourth-order valence-electron chi connectivity index (χ4n) is 1.22. The van der Waals surface area contributed by atoms with Crippen molar-refractivity contribution < 1.29 is 4.79 Å². The zero-order valence-corrected chi connectivity index (χ0v) is 10.2. The van der Waals surface area contributed by atoms with Crippen LogP contribution in [-0.2, 0) is 4.79 Å². The van der Waals surface area contributed by atoms with Gasteiger partial charge in [0.25, 0.3) is 0 Å². The van der Waals surface area contributed by atoms with Crippen molar-refractivity contribution in [2.45, 2.75) is 13.0 Å². The summed E-state index contributed by atoms with van der Waals surface area (Å²) in [6.07, 6.45) is 3.52. The molecule has 1 aromatic rings. The molecule has 0 bridgehead atoms. The topological polar surface area (TPSA) is 42.0 Å². The minimum atomic E-state index is -0.0435. The van der Waals surface area contributed by atoms with Gasteiger partial charge in [-0.1, -0.05) is 12.1 Å². The van der Waals surface area contributed by atoms with Crippen LogP contribution < -0.4 is 5.32 Å². The highest BCUT2D eigenvalue weighted by Gasteiger charge is 2.09. The summed E-state index contributed by atoms with van der Waals surface area (Å²) < 4.78 is 0. The lowest BCUT2D eigenvalue weighted by Crippen LogP contribution is -2.28. The van der Waals surface area contributed by atoms with Crippen LogP contribution in [0.4, 0.5) is 0 Å². The van der Waals surface area contributed by atoms with Gasteiger partial charge in [0.15, 0.2) is 0 Å². The summed E-state index contributed by atoms with van der Waals surface area (Å²) in [5, 5.41) is 2.90. The number of amides is 1. The van der Waals surface area contributed by atoms with Gasteiger partial charge in [-0.3, -0.25) is 9.78 Å². The molecule has 1 atom stereocenters. The van der Waals surface area contributed by atoms with Crippen LogP contribution in [0.2, 0.25) is 0 Å². The zero-order chi connectivity index (χ0) is 11.8. The molecule has 1 N–H and O–H groups in total. The van der Waals surface area contributed by atoms with Gasteiger partial charge in [-0.25, -0.2) is 0 Å². The maximum Gasteiger partial charge on any atom is 0.230 e. The highest BCUT2D eigenvalue weighted by molar-refractivity contribution is 8.00. The molecule has 1 heterocycles. The predicted octanol–water partition coefficient (Wildman–Crippen LogP) is 2.18. The minimum absolute atomic E-state index is 0.0324. The van der Waals surface area contributed by atoms with Gasteiger partial charge in [-0.2, -0.15) is 0 Å². The summed E-state index contributed by atoms with van der Waals surface area (Å²) in [7, 11) is 0.